The van der Waals surface area contributed by atoms with Crippen LogP contribution in [0.2, 0.25) is 0 Å². The molecule has 0 bridgehead atoms. The van der Waals surface area contributed by atoms with Crippen molar-refractivity contribution < 1.29 is 23.2 Å². The number of carbonyl (C=O) groups excluding carboxylic acids is 1. The number of aromatic nitrogens is 5. The molecule has 1 saturated carbocycles. The van der Waals surface area contributed by atoms with Crippen molar-refractivity contribution in [2.24, 2.45) is 11.7 Å². The van der Waals surface area contributed by atoms with Gasteiger partial charge in [-0.05, 0) is 36.6 Å². The minimum atomic E-state index is -2.80. The van der Waals surface area contributed by atoms with Crippen molar-refractivity contribution in [1.82, 2.24) is 19.4 Å². The van der Waals surface area contributed by atoms with Crippen LogP contribution in [-0.2, 0) is 0 Å². The number of hydrogen-bond acceptors (Lipinski definition) is 5. The van der Waals surface area contributed by atoms with E-state index < -0.39 is 12.3 Å². The van der Waals surface area contributed by atoms with Crippen molar-refractivity contribution in [1.29, 1.82) is 0 Å². The van der Waals surface area contributed by atoms with Crippen LogP contribution in [0.3, 0.4) is 0 Å². The molecule has 1 aliphatic carbocycles. The average Bonchev–Trinajstić information content (AvgIpc) is 3.35. The first kappa shape index (κ1) is 21.2. The summed E-state index contributed by atoms with van der Waals surface area (Å²) in [7, 11) is 3.62. The Kier molecular flexibility index (Phi) is 5.61. The van der Waals surface area contributed by atoms with E-state index in [0.29, 0.717) is 5.82 Å². The highest BCUT2D eigenvalue weighted by molar-refractivity contribution is 5.97. The Hall–Kier alpha value is -3.08. The van der Waals surface area contributed by atoms with E-state index in [1.54, 1.807) is 28.0 Å². The van der Waals surface area contributed by atoms with Gasteiger partial charge in [-0.25, -0.2) is 8.78 Å². The molecule has 3 aromatic rings. The molecular formula is C20H26F2N7O2+. The largest absolute Gasteiger partial charge is 0.396 e. The first-order valence-electron chi connectivity index (χ1n) is 10.2. The van der Waals surface area contributed by atoms with Crippen LogP contribution in [0, 0.1) is 5.92 Å². The Morgan fingerprint density at radius 2 is 2.03 bits per heavy atom. The molecule has 4 rings (SSSR count). The first-order chi connectivity index (χ1) is 14.8. The van der Waals surface area contributed by atoms with Gasteiger partial charge >= 0.3 is 5.65 Å². The molecule has 0 radical (unpaired) electrons. The Bertz CT molecular complexity index is 1100. The van der Waals surface area contributed by atoms with Gasteiger partial charge in [-0.2, -0.15) is 9.78 Å². The highest BCUT2D eigenvalue weighted by atomic mass is 19.3. The Balaban J connectivity index is 1.82. The third-order valence-electron chi connectivity index (χ3n) is 5.89. The van der Waals surface area contributed by atoms with Crippen LogP contribution in [0.1, 0.15) is 54.2 Å². The lowest BCUT2D eigenvalue weighted by Crippen LogP contribution is -2.33. The average molecular weight is 434 g/mol. The minimum Gasteiger partial charge on any atom is -0.396 e. The van der Waals surface area contributed by atoms with Crippen LogP contribution in [0.5, 0.6) is 0 Å². The van der Waals surface area contributed by atoms with E-state index in [4.69, 9.17) is 5.73 Å². The fourth-order valence-corrected chi connectivity index (χ4v) is 4.12. The molecule has 166 valence electrons. The maximum absolute atomic E-state index is 13.9. The van der Waals surface area contributed by atoms with E-state index in [1.807, 2.05) is 14.1 Å². The predicted molar refractivity (Wildman–Crippen MR) is 108 cm³/mol. The summed E-state index contributed by atoms with van der Waals surface area (Å²) in [5.41, 5.74) is 5.73. The number of carbonyl (C=O) groups is 1. The number of rotatable bonds is 6. The second-order valence-electron chi connectivity index (χ2n) is 8.14. The molecule has 3 aromatic heterocycles. The second kappa shape index (κ2) is 8.22. The van der Waals surface area contributed by atoms with Gasteiger partial charge in [0.05, 0.1) is 18.4 Å². The van der Waals surface area contributed by atoms with Gasteiger partial charge in [-0.15, -0.1) is 4.52 Å². The summed E-state index contributed by atoms with van der Waals surface area (Å²) >= 11 is 0. The van der Waals surface area contributed by atoms with Gasteiger partial charge in [-0.1, -0.05) is 0 Å². The van der Waals surface area contributed by atoms with Gasteiger partial charge in [0.25, 0.3) is 12.3 Å². The van der Waals surface area contributed by atoms with Crippen LogP contribution in [-0.4, -0.2) is 51.2 Å². The van der Waals surface area contributed by atoms with Crippen molar-refractivity contribution in [3.05, 3.63) is 35.9 Å². The van der Waals surface area contributed by atoms with Crippen LogP contribution >= 0.6 is 0 Å². The first-order valence-corrected chi connectivity index (χ1v) is 10.2. The fraction of sp³-hybridized carbons (Fsp3) is 0.500. The molecule has 3 heterocycles. The lowest BCUT2D eigenvalue weighted by molar-refractivity contribution is -0.600. The van der Waals surface area contributed by atoms with Crippen molar-refractivity contribution in [3.8, 4) is 5.69 Å². The Labute approximate surface area is 177 Å². The molecule has 0 atom stereocenters. The molecule has 1 fully saturated rings. The number of halogens is 2. The summed E-state index contributed by atoms with van der Waals surface area (Å²) in [5.74, 6) is 0.151. The summed E-state index contributed by atoms with van der Waals surface area (Å²) < 4.78 is 32.3. The summed E-state index contributed by atoms with van der Waals surface area (Å²) in [4.78, 5) is 18.3. The zero-order chi connectivity index (χ0) is 22.3. The monoisotopic (exact) mass is 434 g/mol. The van der Waals surface area contributed by atoms with E-state index in [2.05, 4.69) is 10.1 Å². The second-order valence-corrected chi connectivity index (χ2v) is 8.14. The topological polar surface area (TPSA) is 106 Å². The van der Waals surface area contributed by atoms with E-state index in [1.165, 1.54) is 15.4 Å². The zero-order valence-electron chi connectivity index (χ0n) is 17.4. The summed E-state index contributed by atoms with van der Waals surface area (Å²) in [5, 5.41) is 13.5. The third kappa shape index (κ3) is 3.85. The number of nitrogens with zero attached hydrogens (tertiary/aromatic N) is 6. The lowest BCUT2D eigenvalue weighted by atomic mass is 9.87. The summed E-state index contributed by atoms with van der Waals surface area (Å²) in [6.07, 6.45) is 5.03. The molecule has 1 aliphatic rings. The van der Waals surface area contributed by atoms with Gasteiger partial charge < -0.3 is 15.7 Å². The van der Waals surface area contributed by atoms with Gasteiger partial charge in [0.2, 0.25) is 5.82 Å². The smallest absolute Gasteiger partial charge is 0.363 e. The third-order valence-corrected chi connectivity index (χ3v) is 5.89. The standard InChI is InChI=1S/C20H25F2N7O2/c1-26(2)16-7-8-28-20(24-16)14(19(23)31)9-29(28)15-10-27(25-17(15)18(21)22)13-5-3-12(11-30)4-6-13/h7-10,12-13,18,30H,3-6,11H2,1-2H3,(H-,23,31)/p+1. The predicted octanol–water partition coefficient (Wildman–Crippen LogP) is 1.63. The van der Waals surface area contributed by atoms with Crippen LogP contribution in [0.4, 0.5) is 14.6 Å². The highest BCUT2D eigenvalue weighted by Crippen LogP contribution is 2.34. The number of amides is 1. The number of aliphatic hydroxyl groups excluding tert-OH is 1. The number of fused-ring (bicyclic) bond motifs is 1. The van der Waals surface area contributed by atoms with Gasteiger partial charge in [0.1, 0.15) is 11.9 Å². The van der Waals surface area contributed by atoms with Crippen molar-refractivity contribution in [2.45, 2.75) is 38.2 Å². The summed E-state index contributed by atoms with van der Waals surface area (Å²) in [6.45, 7) is 0.142. The summed E-state index contributed by atoms with van der Waals surface area (Å²) in [6, 6.07) is 1.70. The molecule has 0 spiro atoms. The van der Waals surface area contributed by atoms with Crippen molar-refractivity contribution in [3.63, 3.8) is 0 Å². The molecule has 0 unspecified atom stereocenters. The molecular weight excluding hydrogens is 408 g/mol. The van der Waals surface area contributed by atoms with Gasteiger partial charge in [-0.3, -0.25) is 9.48 Å². The number of anilines is 1. The number of primary amides is 1. The van der Waals surface area contributed by atoms with Gasteiger partial charge in [0, 0.05) is 26.8 Å². The number of alkyl halides is 2. The normalized spacial score (nSPS) is 19.3. The van der Waals surface area contributed by atoms with Crippen LogP contribution < -0.4 is 15.1 Å². The molecule has 1 amide bonds. The van der Waals surface area contributed by atoms with E-state index in [-0.39, 0.29) is 41.2 Å². The van der Waals surface area contributed by atoms with Crippen LogP contribution in [0.15, 0.2) is 24.7 Å². The van der Waals surface area contributed by atoms with E-state index in [0.717, 1.165) is 25.7 Å². The molecule has 11 heteroatoms. The van der Waals surface area contributed by atoms with E-state index >= 15 is 0 Å². The quantitative estimate of drug-likeness (QED) is 0.574. The maximum atomic E-state index is 13.9. The SMILES string of the molecule is CN(C)c1cc[n+]2c(n1)c(C(N)=O)cn2-c1cn(C2CCC(CO)CC2)nc1C(F)F. The molecule has 31 heavy (non-hydrogen) atoms. The van der Waals surface area contributed by atoms with Crippen LogP contribution in [0.25, 0.3) is 11.3 Å². The number of aliphatic hydroxyl groups is 1. The molecule has 0 aliphatic heterocycles. The van der Waals surface area contributed by atoms with E-state index in [9.17, 15) is 18.7 Å². The number of hydrogen-bond donors (Lipinski definition) is 2. The lowest BCUT2D eigenvalue weighted by Gasteiger charge is -2.27. The molecule has 0 aromatic carbocycles. The van der Waals surface area contributed by atoms with Crippen molar-refractivity contribution in [2.75, 3.05) is 25.6 Å². The van der Waals surface area contributed by atoms with Gasteiger partial charge in [0.15, 0.2) is 11.3 Å². The Morgan fingerprint density at radius 3 is 2.61 bits per heavy atom. The highest BCUT2D eigenvalue weighted by Gasteiger charge is 2.30. The molecule has 9 nitrogen and oxygen atoms in total. The maximum Gasteiger partial charge on any atom is 0.363 e. The minimum absolute atomic E-state index is 0.0186. The molecule has 3 N–H and O–H groups in total. The Morgan fingerprint density at radius 1 is 1.32 bits per heavy atom. The van der Waals surface area contributed by atoms with Crippen molar-refractivity contribution >= 4 is 17.4 Å². The zero-order valence-corrected chi connectivity index (χ0v) is 17.4. The molecule has 0 saturated heterocycles. The number of nitrogens with two attached hydrogens (primary N) is 1. The fourth-order valence-electron chi connectivity index (χ4n) is 4.12.